The molecule has 1 aromatic heterocycles. The van der Waals surface area contributed by atoms with Crippen LogP contribution < -0.4 is 5.32 Å². The smallest absolute Gasteiger partial charge is 0.223 e. The molecule has 0 saturated heterocycles. The summed E-state index contributed by atoms with van der Waals surface area (Å²) in [6.45, 7) is 1.07. The molecule has 5 nitrogen and oxygen atoms in total. The van der Waals surface area contributed by atoms with Gasteiger partial charge in [0.25, 0.3) is 0 Å². The second-order valence-electron chi connectivity index (χ2n) is 6.62. The molecule has 0 aliphatic carbocycles. The van der Waals surface area contributed by atoms with Crippen molar-refractivity contribution in [1.82, 2.24) is 10.1 Å². The van der Waals surface area contributed by atoms with E-state index >= 15 is 0 Å². The van der Waals surface area contributed by atoms with E-state index in [0.29, 0.717) is 37.4 Å². The Kier molecular flexibility index (Phi) is 4.87. The van der Waals surface area contributed by atoms with Crippen LogP contribution in [0.5, 0.6) is 0 Å². The van der Waals surface area contributed by atoms with Crippen LogP contribution in [0.25, 0.3) is 0 Å². The molecule has 0 bridgehead atoms. The number of carbonyl (C=O) groups excluding carboxylic acids is 1. The number of nitrogens with zero attached hydrogens (tertiary/aromatic N) is 2. The van der Waals surface area contributed by atoms with Crippen molar-refractivity contribution in [3.05, 3.63) is 77.3 Å². The number of hydrogen-bond acceptors (Lipinski definition) is 4. The first-order chi connectivity index (χ1) is 13.2. The van der Waals surface area contributed by atoms with Gasteiger partial charge >= 0.3 is 0 Å². The van der Waals surface area contributed by atoms with Crippen molar-refractivity contribution >= 4 is 17.4 Å². The van der Waals surface area contributed by atoms with E-state index in [-0.39, 0.29) is 11.7 Å². The Morgan fingerprint density at radius 3 is 2.85 bits per heavy atom. The number of benzene rings is 2. The van der Waals surface area contributed by atoms with E-state index in [4.69, 9.17) is 4.52 Å². The number of halogens is 1. The third-order valence-electron chi connectivity index (χ3n) is 4.74. The molecule has 0 unspecified atom stereocenters. The summed E-state index contributed by atoms with van der Waals surface area (Å²) in [5.74, 6) is 1.11. The second kappa shape index (κ2) is 7.61. The molecule has 0 radical (unpaired) electrons. The van der Waals surface area contributed by atoms with Crippen LogP contribution >= 0.6 is 0 Å². The molecule has 2 heterocycles. The van der Waals surface area contributed by atoms with E-state index in [1.165, 1.54) is 12.1 Å². The maximum absolute atomic E-state index is 13.4. The Labute approximate surface area is 156 Å². The van der Waals surface area contributed by atoms with E-state index in [1.807, 2.05) is 35.2 Å². The molecule has 2 aromatic carbocycles. The van der Waals surface area contributed by atoms with Gasteiger partial charge in [-0.1, -0.05) is 41.6 Å². The average molecular weight is 365 g/mol. The van der Waals surface area contributed by atoms with Crippen molar-refractivity contribution in [2.75, 3.05) is 11.9 Å². The molecule has 1 N–H and O–H groups in total. The predicted molar refractivity (Wildman–Crippen MR) is 100 cm³/mol. The highest BCUT2D eigenvalue weighted by Crippen LogP contribution is 2.28. The second-order valence-corrected chi connectivity index (χ2v) is 6.62. The number of amides is 1. The Morgan fingerprint density at radius 2 is 2.04 bits per heavy atom. The highest BCUT2D eigenvalue weighted by Gasteiger charge is 2.27. The van der Waals surface area contributed by atoms with Gasteiger partial charge in [-0.05, 0) is 30.2 Å². The molecule has 0 saturated carbocycles. The average Bonchev–Trinajstić information content (AvgIpc) is 3.09. The maximum atomic E-state index is 13.4. The quantitative estimate of drug-likeness (QED) is 0.740. The Balaban J connectivity index is 1.43. The van der Waals surface area contributed by atoms with Crippen LogP contribution in [0.15, 0.2) is 59.1 Å². The normalized spacial score (nSPS) is 13.3. The largest absolute Gasteiger partial charge is 0.359 e. The summed E-state index contributed by atoms with van der Waals surface area (Å²) in [6.07, 6.45) is 1.82. The number of fused-ring (bicyclic) bond motifs is 1. The van der Waals surface area contributed by atoms with Gasteiger partial charge in [-0.2, -0.15) is 0 Å². The Morgan fingerprint density at radius 1 is 1.19 bits per heavy atom. The molecule has 138 valence electrons. The van der Waals surface area contributed by atoms with Crippen molar-refractivity contribution in [1.29, 1.82) is 0 Å². The van der Waals surface area contributed by atoms with Crippen LogP contribution in [-0.4, -0.2) is 22.5 Å². The summed E-state index contributed by atoms with van der Waals surface area (Å²) in [4.78, 5) is 14.5. The highest BCUT2D eigenvalue weighted by atomic mass is 19.1. The zero-order valence-corrected chi connectivity index (χ0v) is 14.8. The van der Waals surface area contributed by atoms with E-state index in [0.717, 1.165) is 23.3 Å². The van der Waals surface area contributed by atoms with Crippen LogP contribution in [0.1, 0.15) is 23.3 Å². The summed E-state index contributed by atoms with van der Waals surface area (Å²) >= 11 is 0. The lowest BCUT2D eigenvalue weighted by Crippen LogP contribution is -2.35. The van der Waals surface area contributed by atoms with Gasteiger partial charge < -0.3 is 14.7 Å². The number of aromatic nitrogens is 1. The van der Waals surface area contributed by atoms with Gasteiger partial charge in [-0.25, -0.2) is 4.39 Å². The third kappa shape index (κ3) is 4.00. The predicted octanol–water partition coefficient (Wildman–Crippen LogP) is 4.07. The lowest BCUT2D eigenvalue weighted by atomic mass is 10.1. The number of anilines is 2. The van der Waals surface area contributed by atoms with Crippen LogP contribution in [-0.2, 0) is 24.2 Å². The third-order valence-corrected chi connectivity index (χ3v) is 4.74. The number of aryl methyl sites for hydroxylation is 1. The first-order valence-corrected chi connectivity index (χ1v) is 9.01. The molecular weight excluding hydrogens is 345 g/mol. The van der Waals surface area contributed by atoms with Crippen molar-refractivity contribution < 1.29 is 13.7 Å². The van der Waals surface area contributed by atoms with Gasteiger partial charge in [0.05, 0.1) is 12.1 Å². The minimum absolute atomic E-state index is 0.113. The summed E-state index contributed by atoms with van der Waals surface area (Å²) < 4.78 is 18.8. The molecule has 1 aliphatic rings. The van der Waals surface area contributed by atoms with E-state index in [2.05, 4.69) is 10.5 Å². The fourth-order valence-electron chi connectivity index (χ4n) is 3.28. The van der Waals surface area contributed by atoms with Crippen LogP contribution in [0.2, 0.25) is 0 Å². The summed E-state index contributed by atoms with van der Waals surface area (Å²) in [6, 6.07) is 16.2. The molecule has 1 aliphatic heterocycles. The van der Waals surface area contributed by atoms with Gasteiger partial charge in [0.1, 0.15) is 11.6 Å². The summed E-state index contributed by atoms with van der Waals surface area (Å²) in [5.41, 5.74) is 2.61. The molecular formula is C21H20FN3O2. The number of rotatable bonds is 5. The van der Waals surface area contributed by atoms with Crippen LogP contribution in [0.4, 0.5) is 15.9 Å². The fourth-order valence-corrected chi connectivity index (χ4v) is 3.28. The topological polar surface area (TPSA) is 58.4 Å². The van der Waals surface area contributed by atoms with E-state index < -0.39 is 0 Å². The van der Waals surface area contributed by atoms with Gasteiger partial charge in [0.2, 0.25) is 5.91 Å². The van der Waals surface area contributed by atoms with Gasteiger partial charge in [0.15, 0.2) is 5.82 Å². The Hall–Kier alpha value is -3.15. The lowest BCUT2D eigenvalue weighted by Gasteiger charge is -2.26. The highest BCUT2D eigenvalue weighted by molar-refractivity contribution is 5.77. The van der Waals surface area contributed by atoms with E-state index in [1.54, 1.807) is 12.1 Å². The lowest BCUT2D eigenvalue weighted by molar-refractivity contribution is -0.132. The monoisotopic (exact) mass is 365 g/mol. The van der Waals surface area contributed by atoms with Crippen LogP contribution in [0, 0.1) is 5.82 Å². The molecule has 0 atom stereocenters. The molecule has 3 aromatic rings. The van der Waals surface area contributed by atoms with Crippen LogP contribution in [0.3, 0.4) is 0 Å². The SMILES string of the molecule is O=C(CCc1ccccc1)N1CCc2onc(Nc3cccc(F)c3)c2C1. The minimum atomic E-state index is -0.324. The number of carbonyl (C=O) groups is 1. The van der Waals surface area contributed by atoms with Gasteiger partial charge in [-0.15, -0.1) is 0 Å². The molecule has 27 heavy (non-hydrogen) atoms. The minimum Gasteiger partial charge on any atom is -0.359 e. The van der Waals surface area contributed by atoms with Crippen molar-refractivity contribution in [3.63, 3.8) is 0 Å². The zero-order chi connectivity index (χ0) is 18.6. The number of hydrogen-bond donors (Lipinski definition) is 1. The molecule has 1 amide bonds. The molecule has 0 fully saturated rings. The molecule has 0 spiro atoms. The molecule has 4 rings (SSSR count). The first kappa shape index (κ1) is 17.3. The van der Waals surface area contributed by atoms with Gasteiger partial charge in [-0.3, -0.25) is 4.79 Å². The standard InChI is InChI=1S/C21H20FN3O2/c22-16-7-4-8-17(13-16)23-21-18-14-25(12-11-19(18)27-24-21)20(26)10-9-15-5-2-1-3-6-15/h1-8,13H,9-12,14H2,(H,23,24). The fraction of sp³-hybridized carbons (Fsp3) is 0.238. The number of nitrogens with one attached hydrogen (secondary N) is 1. The van der Waals surface area contributed by atoms with Crippen molar-refractivity contribution in [3.8, 4) is 0 Å². The molecule has 6 heteroatoms. The maximum Gasteiger partial charge on any atom is 0.223 e. The zero-order valence-electron chi connectivity index (χ0n) is 14.8. The Bertz CT molecular complexity index is 940. The summed E-state index contributed by atoms with van der Waals surface area (Å²) in [5, 5.41) is 7.15. The van der Waals surface area contributed by atoms with Gasteiger partial charge in [0, 0.05) is 25.1 Å². The summed E-state index contributed by atoms with van der Waals surface area (Å²) in [7, 11) is 0. The van der Waals surface area contributed by atoms with Crippen molar-refractivity contribution in [2.45, 2.75) is 25.8 Å². The van der Waals surface area contributed by atoms with E-state index in [9.17, 15) is 9.18 Å². The first-order valence-electron chi connectivity index (χ1n) is 9.01. The van der Waals surface area contributed by atoms with Crippen molar-refractivity contribution in [2.24, 2.45) is 0 Å².